The fourth-order valence-electron chi connectivity index (χ4n) is 2.09. The molecule has 2 rings (SSSR count). The molecule has 18 heavy (non-hydrogen) atoms. The zero-order valence-electron chi connectivity index (χ0n) is 10.4. The topological polar surface area (TPSA) is 75.2 Å². The number of nitrogens with one attached hydrogen (secondary N) is 1. The van der Waals surface area contributed by atoms with E-state index in [0.29, 0.717) is 12.5 Å². The molecule has 1 aliphatic rings. The van der Waals surface area contributed by atoms with Crippen molar-refractivity contribution in [2.75, 3.05) is 30.8 Å². The number of aromatic nitrogens is 2. The smallest absolute Gasteiger partial charge is 0.208 e. The molecule has 1 saturated heterocycles. The number of sulfonamides is 1. The first-order chi connectivity index (χ1) is 8.54. The highest BCUT2D eigenvalue weighted by molar-refractivity contribution is 7.88. The Morgan fingerprint density at radius 3 is 2.67 bits per heavy atom. The van der Waals surface area contributed by atoms with Gasteiger partial charge in [-0.25, -0.2) is 18.1 Å². The summed E-state index contributed by atoms with van der Waals surface area (Å²) in [4.78, 5) is 10.5. The van der Waals surface area contributed by atoms with Crippen molar-refractivity contribution in [1.29, 1.82) is 0 Å². The SMILES string of the molecule is CS(=O)(=O)NCC1CCN(c2cnccn2)CC1. The van der Waals surface area contributed by atoms with E-state index in [4.69, 9.17) is 0 Å². The van der Waals surface area contributed by atoms with Crippen LogP contribution >= 0.6 is 0 Å². The lowest BCUT2D eigenvalue weighted by Gasteiger charge is -2.32. The first kappa shape index (κ1) is 13.2. The van der Waals surface area contributed by atoms with Crippen molar-refractivity contribution in [3.05, 3.63) is 18.6 Å². The average molecular weight is 270 g/mol. The molecule has 0 aliphatic carbocycles. The molecule has 0 atom stereocenters. The van der Waals surface area contributed by atoms with Crippen LogP contribution in [0, 0.1) is 5.92 Å². The van der Waals surface area contributed by atoms with Crippen molar-refractivity contribution in [2.45, 2.75) is 12.8 Å². The van der Waals surface area contributed by atoms with Gasteiger partial charge >= 0.3 is 0 Å². The molecule has 1 fully saturated rings. The highest BCUT2D eigenvalue weighted by Gasteiger charge is 2.20. The predicted molar refractivity (Wildman–Crippen MR) is 69.8 cm³/mol. The Labute approximate surface area is 107 Å². The van der Waals surface area contributed by atoms with Gasteiger partial charge in [-0.1, -0.05) is 0 Å². The summed E-state index contributed by atoms with van der Waals surface area (Å²) in [7, 11) is -3.08. The second kappa shape index (κ2) is 5.62. The number of piperidine rings is 1. The first-order valence-corrected chi connectivity index (χ1v) is 7.89. The summed E-state index contributed by atoms with van der Waals surface area (Å²) in [5.41, 5.74) is 0. The van der Waals surface area contributed by atoms with E-state index in [1.54, 1.807) is 18.6 Å². The normalized spacial score (nSPS) is 17.9. The Bertz CT molecular complexity index is 469. The van der Waals surface area contributed by atoms with Crippen LogP contribution in [0.2, 0.25) is 0 Å². The summed E-state index contributed by atoms with van der Waals surface area (Å²) < 4.78 is 24.6. The fraction of sp³-hybridized carbons (Fsp3) is 0.636. The Kier molecular flexibility index (Phi) is 4.13. The highest BCUT2D eigenvalue weighted by atomic mass is 32.2. The summed E-state index contributed by atoms with van der Waals surface area (Å²) >= 11 is 0. The molecule has 1 aromatic heterocycles. The van der Waals surface area contributed by atoms with Gasteiger partial charge < -0.3 is 4.90 Å². The Morgan fingerprint density at radius 1 is 1.39 bits per heavy atom. The maximum Gasteiger partial charge on any atom is 0.208 e. The van der Waals surface area contributed by atoms with E-state index in [1.165, 1.54) is 6.26 Å². The minimum absolute atomic E-state index is 0.410. The maximum absolute atomic E-state index is 11.0. The number of hydrogen-bond donors (Lipinski definition) is 1. The lowest BCUT2D eigenvalue weighted by molar-refractivity contribution is 0.401. The van der Waals surface area contributed by atoms with E-state index in [1.807, 2.05) is 0 Å². The summed E-state index contributed by atoms with van der Waals surface area (Å²) in [6, 6.07) is 0. The third-order valence-corrected chi connectivity index (χ3v) is 3.81. The molecule has 0 bridgehead atoms. The molecule has 0 unspecified atom stereocenters. The zero-order valence-corrected chi connectivity index (χ0v) is 11.2. The van der Waals surface area contributed by atoms with Crippen LogP contribution in [-0.4, -0.2) is 44.3 Å². The highest BCUT2D eigenvalue weighted by Crippen LogP contribution is 2.20. The third-order valence-electron chi connectivity index (χ3n) is 3.12. The van der Waals surface area contributed by atoms with Gasteiger partial charge in [-0.3, -0.25) is 4.98 Å². The van der Waals surface area contributed by atoms with Gasteiger partial charge in [-0.15, -0.1) is 0 Å². The van der Waals surface area contributed by atoms with Crippen LogP contribution in [0.5, 0.6) is 0 Å². The maximum atomic E-state index is 11.0. The summed E-state index contributed by atoms with van der Waals surface area (Å²) in [6.07, 6.45) is 8.24. The molecular weight excluding hydrogens is 252 g/mol. The molecule has 100 valence electrons. The van der Waals surface area contributed by atoms with E-state index in [2.05, 4.69) is 19.6 Å². The van der Waals surface area contributed by atoms with E-state index >= 15 is 0 Å². The number of nitrogens with zero attached hydrogens (tertiary/aromatic N) is 3. The number of anilines is 1. The van der Waals surface area contributed by atoms with Gasteiger partial charge in [-0.05, 0) is 18.8 Å². The van der Waals surface area contributed by atoms with Crippen molar-refractivity contribution in [3.8, 4) is 0 Å². The van der Waals surface area contributed by atoms with Crippen molar-refractivity contribution >= 4 is 15.8 Å². The molecule has 0 radical (unpaired) electrons. The van der Waals surface area contributed by atoms with Crippen molar-refractivity contribution in [2.24, 2.45) is 5.92 Å². The second-order valence-corrected chi connectivity index (χ2v) is 6.45. The van der Waals surface area contributed by atoms with Crippen LogP contribution in [0.15, 0.2) is 18.6 Å². The van der Waals surface area contributed by atoms with Gasteiger partial charge in [0.25, 0.3) is 0 Å². The molecule has 7 heteroatoms. The molecule has 0 saturated carbocycles. The molecular formula is C11H18N4O2S. The Morgan fingerprint density at radius 2 is 2.11 bits per heavy atom. The molecule has 0 aromatic carbocycles. The van der Waals surface area contributed by atoms with Crippen LogP contribution in [-0.2, 0) is 10.0 Å². The van der Waals surface area contributed by atoms with Gasteiger partial charge in [0.1, 0.15) is 5.82 Å². The van der Waals surface area contributed by atoms with Gasteiger partial charge in [-0.2, -0.15) is 0 Å². The summed E-state index contributed by atoms with van der Waals surface area (Å²) in [6.45, 7) is 2.33. The largest absolute Gasteiger partial charge is 0.355 e. The minimum Gasteiger partial charge on any atom is -0.355 e. The van der Waals surface area contributed by atoms with Gasteiger partial charge in [0.05, 0.1) is 12.5 Å². The van der Waals surface area contributed by atoms with Crippen molar-refractivity contribution in [1.82, 2.24) is 14.7 Å². The van der Waals surface area contributed by atoms with Gasteiger partial charge in [0.15, 0.2) is 0 Å². The molecule has 1 aliphatic heterocycles. The number of hydrogen-bond acceptors (Lipinski definition) is 5. The quantitative estimate of drug-likeness (QED) is 0.848. The molecule has 1 aromatic rings. The predicted octanol–water partition coefficient (Wildman–Crippen LogP) is 0.242. The fourth-order valence-corrected chi connectivity index (χ4v) is 2.63. The van der Waals surface area contributed by atoms with E-state index in [-0.39, 0.29) is 0 Å². The standard InChI is InChI=1S/C11H18N4O2S/c1-18(16,17)14-8-10-2-6-15(7-3-10)11-9-12-4-5-13-11/h4-5,9-10,14H,2-3,6-8H2,1H3. The number of rotatable bonds is 4. The summed E-state index contributed by atoms with van der Waals surface area (Å²) in [5.74, 6) is 1.31. The van der Waals surface area contributed by atoms with Crippen LogP contribution in [0.4, 0.5) is 5.82 Å². The van der Waals surface area contributed by atoms with E-state index in [9.17, 15) is 8.42 Å². The van der Waals surface area contributed by atoms with E-state index in [0.717, 1.165) is 31.7 Å². The molecule has 6 nitrogen and oxygen atoms in total. The van der Waals surface area contributed by atoms with Crippen LogP contribution in [0.1, 0.15) is 12.8 Å². The van der Waals surface area contributed by atoms with E-state index < -0.39 is 10.0 Å². The van der Waals surface area contributed by atoms with Crippen LogP contribution < -0.4 is 9.62 Å². The van der Waals surface area contributed by atoms with Crippen LogP contribution in [0.3, 0.4) is 0 Å². The van der Waals surface area contributed by atoms with Crippen molar-refractivity contribution in [3.63, 3.8) is 0 Å². The molecule has 0 spiro atoms. The lowest BCUT2D eigenvalue weighted by atomic mass is 9.97. The monoisotopic (exact) mass is 270 g/mol. The molecule has 0 amide bonds. The van der Waals surface area contributed by atoms with Gasteiger partial charge in [0, 0.05) is 32.0 Å². The zero-order chi connectivity index (χ0) is 13.0. The third kappa shape index (κ3) is 3.92. The summed E-state index contributed by atoms with van der Waals surface area (Å²) in [5, 5.41) is 0. The minimum atomic E-state index is -3.08. The second-order valence-electron chi connectivity index (χ2n) is 4.61. The average Bonchev–Trinajstić information content (AvgIpc) is 2.37. The molecule has 2 heterocycles. The lowest BCUT2D eigenvalue weighted by Crippen LogP contribution is -2.38. The Hall–Kier alpha value is -1.21. The van der Waals surface area contributed by atoms with Crippen molar-refractivity contribution < 1.29 is 8.42 Å². The first-order valence-electron chi connectivity index (χ1n) is 6.00. The van der Waals surface area contributed by atoms with Crippen LogP contribution in [0.25, 0.3) is 0 Å². The van der Waals surface area contributed by atoms with Gasteiger partial charge in [0.2, 0.25) is 10.0 Å². The Balaban J connectivity index is 1.82. The molecule has 1 N–H and O–H groups in total.